The average Bonchev–Trinajstić information content (AvgIpc) is 2.37. The normalized spacial score (nSPS) is 14.8. The summed E-state index contributed by atoms with van der Waals surface area (Å²) in [5, 5.41) is 16.6. The molecule has 0 saturated heterocycles. The Balaban J connectivity index is 2.73. The Morgan fingerprint density at radius 3 is 3.00 bits per heavy atom. The van der Waals surface area contributed by atoms with Crippen molar-refractivity contribution in [3.8, 4) is 0 Å². The molecule has 0 unspecified atom stereocenters. The largest absolute Gasteiger partial charge is 0.427 e. The fraction of sp³-hybridized carbons (Fsp3) is 0.250. The van der Waals surface area contributed by atoms with E-state index in [4.69, 9.17) is 10.6 Å². The topological polar surface area (TPSA) is 69.3 Å². The van der Waals surface area contributed by atoms with Gasteiger partial charge in [0.05, 0.1) is 5.56 Å². The molecule has 0 bridgehead atoms. The van der Waals surface area contributed by atoms with E-state index >= 15 is 0 Å². The van der Waals surface area contributed by atoms with Crippen molar-refractivity contribution >= 4 is 5.91 Å². The van der Waals surface area contributed by atoms with Gasteiger partial charge >= 0.3 is 0 Å². The Morgan fingerprint density at radius 2 is 2.31 bits per heavy atom. The third-order valence-corrected chi connectivity index (χ3v) is 2.17. The molecule has 0 saturated carbocycles. The summed E-state index contributed by atoms with van der Waals surface area (Å²) in [6, 6.07) is 1.65. The molecule has 2 N–H and O–H groups in total. The van der Waals surface area contributed by atoms with Crippen LogP contribution in [0.1, 0.15) is 15.9 Å². The molecule has 5 nitrogen and oxygen atoms in total. The monoisotopic (exact) mass is 179 g/mol. The van der Waals surface area contributed by atoms with Gasteiger partial charge in [-0.05, 0) is 11.6 Å². The number of carbonyl (C=O) groups is 1. The SMILES string of the molecule is CN1Cc2ccn(O)c(=N)c2C1=O. The predicted molar refractivity (Wildman–Crippen MR) is 43.3 cm³/mol. The van der Waals surface area contributed by atoms with Gasteiger partial charge in [0.15, 0.2) is 5.49 Å². The molecule has 1 aromatic heterocycles. The average molecular weight is 179 g/mol. The van der Waals surface area contributed by atoms with Gasteiger partial charge in [-0.15, -0.1) is 0 Å². The van der Waals surface area contributed by atoms with E-state index in [1.54, 1.807) is 13.1 Å². The van der Waals surface area contributed by atoms with Crippen LogP contribution in [0.3, 0.4) is 0 Å². The lowest BCUT2D eigenvalue weighted by molar-refractivity contribution is 0.0809. The minimum Gasteiger partial charge on any atom is -0.427 e. The number of carbonyl (C=O) groups excluding carboxylic acids is 1. The molecule has 1 aliphatic rings. The Morgan fingerprint density at radius 1 is 1.62 bits per heavy atom. The van der Waals surface area contributed by atoms with E-state index in [9.17, 15) is 4.79 Å². The first-order valence-corrected chi connectivity index (χ1v) is 3.85. The number of hydrogen-bond donors (Lipinski definition) is 2. The number of pyridine rings is 1. The van der Waals surface area contributed by atoms with Crippen molar-refractivity contribution < 1.29 is 10.0 Å². The van der Waals surface area contributed by atoms with Crippen molar-refractivity contribution in [1.82, 2.24) is 9.63 Å². The Hall–Kier alpha value is -1.78. The molecule has 0 spiro atoms. The molecule has 0 atom stereocenters. The van der Waals surface area contributed by atoms with Crippen molar-refractivity contribution in [1.29, 1.82) is 5.41 Å². The molecular formula is C8H9N3O2. The summed E-state index contributed by atoms with van der Waals surface area (Å²) in [4.78, 5) is 13.0. The van der Waals surface area contributed by atoms with Crippen LogP contribution in [0.4, 0.5) is 0 Å². The number of amides is 1. The molecule has 0 fully saturated rings. The van der Waals surface area contributed by atoms with Crippen LogP contribution in [-0.2, 0) is 6.54 Å². The molecule has 0 aliphatic carbocycles. The Labute approximate surface area is 74.3 Å². The molecule has 2 rings (SSSR count). The van der Waals surface area contributed by atoms with Crippen molar-refractivity contribution in [3.63, 3.8) is 0 Å². The number of hydrogen-bond acceptors (Lipinski definition) is 3. The smallest absolute Gasteiger partial charge is 0.258 e. The first-order chi connectivity index (χ1) is 6.11. The summed E-state index contributed by atoms with van der Waals surface area (Å²) in [7, 11) is 1.67. The lowest BCUT2D eigenvalue weighted by Gasteiger charge is -2.04. The second kappa shape index (κ2) is 2.35. The molecule has 68 valence electrons. The van der Waals surface area contributed by atoms with E-state index < -0.39 is 0 Å². The third-order valence-electron chi connectivity index (χ3n) is 2.17. The minimum absolute atomic E-state index is 0.146. The van der Waals surface area contributed by atoms with Gasteiger partial charge in [-0.1, -0.05) is 0 Å². The van der Waals surface area contributed by atoms with Crippen LogP contribution < -0.4 is 5.49 Å². The molecule has 1 amide bonds. The fourth-order valence-corrected chi connectivity index (χ4v) is 1.47. The quantitative estimate of drug-likeness (QED) is 0.541. The number of nitrogens with one attached hydrogen (secondary N) is 1. The molecule has 1 aliphatic heterocycles. The van der Waals surface area contributed by atoms with E-state index in [-0.39, 0.29) is 11.4 Å². The highest BCUT2D eigenvalue weighted by atomic mass is 16.5. The third kappa shape index (κ3) is 0.932. The fourth-order valence-electron chi connectivity index (χ4n) is 1.47. The van der Waals surface area contributed by atoms with Crippen LogP contribution in [0.2, 0.25) is 0 Å². The zero-order valence-corrected chi connectivity index (χ0v) is 7.11. The van der Waals surface area contributed by atoms with Gasteiger partial charge < -0.3 is 10.1 Å². The molecule has 13 heavy (non-hydrogen) atoms. The van der Waals surface area contributed by atoms with Crippen LogP contribution in [0.5, 0.6) is 0 Å². The maximum Gasteiger partial charge on any atom is 0.258 e. The van der Waals surface area contributed by atoms with E-state index in [2.05, 4.69) is 0 Å². The number of nitrogens with zero attached hydrogens (tertiary/aromatic N) is 2. The second-order valence-corrected chi connectivity index (χ2v) is 3.07. The van der Waals surface area contributed by atoms with Gasteiger partial charge in [0.2, 0.25) is 0 Å². The van der Waals surface area contributed by atoms with Crippen LogP contribution >= 0.6 is 0 Å². The number of fused-ring (bicyclic) bond motifs is 1. The summed E-state index contributed by atoms with van der Waals surface area (Å²) in [6.45, 7) is 0.515. The first kappa shape index (κ1) is 7.85. The molecular weight excluding hydrogens is 170 g/mol. The summed E-state index contributed by atoms with van der Waals surface area (Å²) in [5.74, 6) is -0.205. The molecule has 1 aromatic rings. The lowest BCUT2D eigenvalue weighted by Crippen LogP contribution is -2.27. The van der Waals surface area contributed by atoms with Gasteiger partial charge in [-0.2, -0.15) is 4.73 Å². The predicted octanol–water partition coefficient (Wildman–Crippen LogP) is -0.210. The zero-order chi connectivity index (χ0) is 9.59. The van der Waals surface area contributed by atoms with E-state index in [1.807, 2.05) is 0 Å². The highest BCUT2D eigenvalue weighted by Crippen LogP contribution is 2.16. The van der Waals surface area contributed by atoms with Gasteiger partial charge in [-0.25, -0.2) is 0 Å². The molecule has 5 heteroatoms. The van der Waals surface area contributed by atoms with Gasteiger partial charge in [0.1, 0.15) is 0 Å². The lowest BCUT2D eigenvalue weighted by atomic mass is 10.2. The van der Waals surface area contributed by atoms with E-state index in [0.29, 0.717) is 16.8 Å². The highest BCUT2D eigenvalue weighted by molar-refractivity contribution is 5.97. The van der Waals surface area contributed by atoms with Crippen LogP contribution in [0.25, 0.3) is 0 Å². The van der Waals surface area contributed by atoms with Crippen LogP contribution in [0.15, 0.2) is 12.3 Å². The Bertz CT molecular complexity index is 436. The molecule has 2 heterocycles. The number of aromatic nitrogens is 1. The summed E-state index contributed by atoms with van der Waals surface area (Å²) in [6.07, 6.45) is 1.37. The first-order valence-electron chi connectivity index (χ1n) is 3.85. The summed E-state index contributed by atoms with van der Waals surface area (Å²) < 4.78 is 0.649. The standard InChI is InChI=1S/C8H9N3O2/c1-10-4-5-2-3-11(13)7(9)6(5)8(10)12/h2-3,9,13H,4H2,1H3. The minimum atomic E-state index is -0.205. The second-order valence-electron chi connectivity index (χ2n) is 3.07. The van der Waals surface area contributed by atoms with Gasteiger partial charge in [0, 0.05) is 19.8 Å². The number of rotatable bonds is 0. The highest BCUT2D eigenvalue weighted by Gasteiger charge is 2.26. The van der Waals surface area contributed by atoms with Crippen LogP contribution in [0, 0.1) is 5.41 Å². The van der Waals surface area contributed by atoms with E-state index in [1.165, 1.54) is 11.1 Å². The maximum absolute atomic E-state index is 11.5. The van der Waals surface area contributed by atoms with Crippen molar-refractivity contribution in [2.75, 3.05) is 7.05 Å². The van der Waals surface area contributed by atoms with Crippen molar-refractivity contribution in [2.24, 2.45) is 0 Å². The zero-order valence-electron chi connectivity index (χ0n) is 7.11. The molecule has 0 aromatic carbocycles. The van der Waals surface area contributed by atoms with Crippen molar-refractivity contribution in [3.05, 3.63) is 28.9 Å². The summed E-state index contributed by atoms with van der Waals surface area (Å²) in [5.41, 5.74) is 0.946. The van der Waals surface area contributed by atoms with Crippen molar-refractivity contribution in [2.45, 2.75) is 6.54 Å². The summed E-state index contributed by atoms with van der Waals surface area (Å²) >= 11 is 0. The maximum atomic E-state index is 11.5. The molecule has 0 radical (unpaired) electrons. The van der Waals surface area contributed by atoms with Gasteiger partial charge in [-0.3, -0.25) is 10.2 Å². The van der Waals surface area contributed by atoms with E-state index in [0.717, 1.165) is 5.56 Å². The van der Waals surface area contributed by atoms with Crippen LogP contribution in [-0.4, -0.2) is 27.8 Å². The Kier molecular flexibility index (Phi) is 1.42. The van der Waals surface area contributed by atoms with Gasteiger partial charge in [0.25, 0.3) is 5.91 Å².